The molecule has 11 heteroatoms. The molecule has 0 bridgehead atoms. The number of halogens is 1. The van der Waals surface area contributed by atoms with E-state index in [0.717, 1.165) is 0 Å². The first-order chi connectivity index (χ1) is 9.94. The fourth-order valence-corrected chi connectivity index (χ4v) is 4.91. The molecule has 21 heavy (non-hydrogen) atoms. The van der Waals surface area contributed by atoms with Crippen molar-refractivity contribution in [2.24, 2.45) is 0 Å². The highest BCUT2D eigenvalue weighted by Gasteiger charge is 2.36. The monoisotopic (exact) mass is 346 g/mol. The van der Waals surface area contributed by atoms with Crippen LogP contribution in [0.15, 0.2) is 12.7 Å². The molecule has 0 unspecified atom stereocenters. The maximum absolute atomic E-state index is 11.5. The van der Waals surface area contributed by atoms with E-state index in [0.29, 0.717) is 17.0 Å². The summed E-state index contributed by atoms with van der Waals surface area (Å²) >= 11 is 11.2. The lowest BCUT2D eigenvalue weighted by Crippen LogP contribution is -2.42. The zero-order valence-corrected chi connectivity index (χ0v) is 13.0. The lowest BCUT2D eigenvalue weighted by atomic mass is 10.2. The number of H-pyrrole nitrogens is 1. The van der Waals surface area contributed by atoms with Crippen molar-refractivity contribution in [3.05, 3.63) is 12.7 Å². The maximum Gasteiger partial charge on any atom is 0.182 e. The van der Waals surface area contributed by atoms with Crippen molar-refractivity contribution in [3.63, 3.8) is 0 Å². The van der Waals surface area contributed by atoms with E-state index in [9.17, 15) is 8.42 Å². The van der Waals surface area contributed by atoms with Gasteiger partial charge in [0.1, 0.15) is 11.8 Å². The van der Waals surface area contributed by atoms with Gasteiger partial charge in [0.25, 0.3) is 0 Å². The number of rotatable bonds is 2. The summed E-state index contributed by atoms with van der Waals surface area (Å²) in [4.78, 5) is 15.0. The highest BCUT2D eigenvalue weighted by molar-refractivity contribution is 7.91. The van der Waals surface area contributed by atoms with Crippen molar-refractivity contribution < 1.29 is 8.42 Å². The molecule has 0 radical (unpaired) electrons. The number of hydrogen-bond acceptors (Lipinski definition) is 6. The molecule has 3 N–H and O–H groups in total. The van der Waals surface area contributed by atoms with Crippen molar-refractivity contribution in [2.45, 2.75) is 11.4 Å². The first-order valence-corrected chi connectivity index (χ1v) is 8.67. The summed E-state index contributed by atoms with van der Waals surface area (Å²) in [5.74, 6) is 0.376. The van der Waals surface area contributed by atoms with Gasteiger partial charge in [0.15, 0.2) is 26.4 Å². The van der Waals surface area contributed by atoms with Crippen LogP contribution in [0.4, 0.5) is 5.82 Å². The van der Waals surface area contributed by atoms with Crippen molar-refractivity contribution in [2.75, 3.05) is 16.8 Å². The van der Waals surface area contributed by atoms with Crippen molar-refractivity contribution >= 4 is 55.8 Å². The van der Waals surface area contributed by atoms with E-state index in [2.05, 4.69) is 30.6 Å². The predicted molar refractivity (Wildman–Crippen MR) is 83.1 cm³/mol. The second kappa shape index (κ2) is 5.35. The van der Waals surface area contributed by atoms with Crippen LogP contribution in [0.3, 0.4) is 0 Å². The minimum absolute atomic E-state index is 0.0355. The average molecular weight is 347 g/mol. The van der Waals surface area contributed by atoms with Gasteiger partial charge in [0.2, 0.25) is 0 Å². The van der Waals surface area contributed by atoms with Crippen molar-refractivity contribution in [3.8, 4) is 0 Å². The van der Waals surface area contributed by atoms with Crippen LogP contribution in [0, 0.1) is 0 Å². The van der Waals surface area contributed by atoms with Gasteiger partial charge in [-0.25, -0.2) is 23.4 Å². The van der Waals surface area contributed by atoms with Crippen LogP contribution >= 0.6 is 23.8 Å². The number of anilines is 1. The summed E-state index contributed by atoms with van der Waals surface area (Å²) in [6.45, 7) is 0. The quantitative estimate of drug-likeness (QED) is 0.516. The summed E-state index contributed by atoms with van der Waals surface area (Å²) in [5, 5.41) is 5.53. The van der Waals surface area contributed by atoms with Crippen LogP contribution in [0.1, 0.15) is 0 Å². The standard InChI is InChI=1S/C10H11ClN6O2S2/c11-5-1-21(18,19)2-6(5)16-10(20)17-9-7-8(13-3-12-7)14-4-15-9/h3-6H,1-2H2,(H3,12,13,14,15,16,17,20)/t5-,6-/m1/s1. The van der Waals surface area contributed by atoms with Gasteiger partial charge < -0.3 is 15.6 Å². The predicted octanol–water partition coefficient (Wildman–Crippen LogP) is 0.0437. The Labute approximate surface area is 130 Å². The average Bonchev–Trinajstić information content (AvgIpc) is 2.94. The SMILES string of the molecule is O=S1(=O)C[C@@H](Cl)[C@H](NC(=S)Nc2ncnc3nc[nH]c23)C1. The molecule has 8 nitrogen and oxygen atoms in total. The van der Waals surface area contributed by atoms with Crippen LogP contribution in [0.5, 0.6) is 0 Å². The highest BCUT2D eigenvalue weighted by Crippen LogP contribution is 2.19. The Morgan fingerprint density at radius 3 is 2.90 bits per heavy atom. The zero-order valence-electron chi connectivity index (χ0n) is 10.6. The number of fused-ring (bicyclic) bond motifs is 1. The number of imidazole rings is 1. The number of nitrogens with zero attached hydrogens (tertiary/aromatic N) is 3. The third-order valence-corrected chi connectivity index (χ3v) is 5.65. The molecular weight excluding hydrogens is 336 g/mol. The molecule has 2 atom stereocenters. The molecule has 0 saturated carbocycles. The van der Waals surface area contributed by atoms with E-state index in [1.54, 1.807) is 0 Å². The first kappa shape index (κ1) is 14.4. The lowest BCUT2D eigenvalue weighted by molar-refractivity contribution is 0.600. The van der Waals surface area contributed by atoms with Gasteiger partial charge >= 0.3 is 0 Å². The van der Waals surface area contributed by atoms with Crippen molar-refractivity contribution in [1.82, 2.24) is 25.3 Å². The molecule has 3 heterocycles. The number of sulfone groups is 1. The Bertz CT molecular complexity index is 792. The molecule has 0 amide bonds. The third kappa shape index (κ3) is 3.06. The summed E-state index contributed by atoms with van der Waals surface area (Å²) < 4.78 is 23.0. The molecule has 2 aromatic rings. The molecule has 1 fully saturated rings. The minimum Gasteiger partial charge on any atom is -0.357 e. The molecule has 0 spiro atoms. The first-order valence-electron chi connectivity index (χ1n) is 6.01. The summed E-state index contributed by atoms with van der Waals surface area (Å²) in [5.41, 5.74) is 1.12. The number of aromatic amines is 1. The highest BCUT2D eigenvalue weighted by atomic mass is 35.5. The summed E-state index contributed by atoms with van der Waals surface area (Å²) in [6.07, 6.45) is 2.86. The van der Waals surface area contributed by atoms with Gasteiger partial charge in [-0.05, 0) is 12.2 Å². The second-order valence-corrected chi connectivity index (χ2v) is 7.74. The van der Waals surface area contributed by atoms with Gasteiger partial charge in [-0.3, -0.25) is 0 Å². The third-order valence-electron chi connectivity index (χ3n) is 3.05. The molecule has 1 saturated heterocycles. The number of aromatic nitrogens is 4. The minimum atomic E-state index is -3.11. The van der Waals surface area contributed by atoms with Gasteiger partial charge in [0, 0.05) is 0 Å². The second-order valence-electron chi connectivity index (χ2n) is 4.62. The van der Waals surface area contributed by atoms with E-state index in [-0.39, 0.29) is 16.6 Å². The fraction of sp³-hybridized carbons (Fsp3) is 0.400. The Kier molecular flexibility index (Phi) is 3.68. The Hall–Kier alpha value is -1.52. The van der Waals surface area contributed by atoms with E-state index >= 15 is 0 Å². The van der Waals surface area contributed by atoms with Crippen LogP contribution in [-0.2, 0) is 9.84 Å². The van der Waals surface area contributed by atoms with Crippen LogP contribution in [0.2, 0.25) is 0 Å². The molecule has 0 aliphatic carbocycles. The molecule has 1 aliphatic heterocycles. The van der Waals surface area contributed by atoms with E-state index in [1.165, 1.54) is 12.7 Å². The largest absolute Gasteiger partial charge is 0.357 e. The molecule has 3 rings (SSSR count). The Balaban J connectivity index is 1.71. The normalized spacial score (nSPS) is 24.0. The number of nitrogens with one attached hydrogen (secondary N) is 3. The van der Waals surface area contributed by atoms with E-state index in [4.69, 9.17) is 23.8 Å². The Morgan fingerprint density at radius 1 is 1.38 bits per heavy atom. The van der Waals surface area contributed by atoms with Crippen molar-refractivity contribution in [1.29, 1.82) is 0 Å². The van der Waals surface area contributed by atoms with Crippen LogP contribution in [-0.4, -0.2) is 56.4 Å². The maximum atomic E-state index is 11.5. The van der Waals surface area contributed by atoms with E-state index < -0.39 is 21.3 Å². The topological polar surface area (TPSA) is 113 Å². The van der Waals surface area contributed by atoms with E-state index in [1.807, 2.05) is 0 Å². The smallest absolute Gasteiger partial charge is 0.182 e. The Morgan fingerprint density at radius 2 is 2.19 bits per heavy atom. The summed E-state index contributed by atoms with van der Waals surface area (Å²) in [7, 11) is -3.11. The van der Waals surface area contributed by atoms with Gasteiger partial charge in [-0.1, -0.05) is 0 Å². The van der Waals surface area contributed by atoms with Crippen LogP contribution in [0.25, 0.3) is 11.2 Å². The van der Waals surface area contributed by atoms with Gasteiger partial charge in [-0.2, -0.15) is 0 Å². The fourth-order valence-electron chi connectivity index (χ4n) is 2.11. The van der Waals surface area contributed by atoms with Gasteiger partial charge in [-0.15, -0.1) is 11.6 Å². The number of thiocarbonyl (C=S) groups is 1. The summed E-state index contributed by atoms with van der Waals surface area (Å²) in [6, 6.07) is -0.421. The zero-order chi connectivity index (χ0) is 15.0. The van der Waals surface area contributed by atoms with Crippen LogP contribution < -0.4 is 10.6 Å². The molecule has 0 aromatic carbocycles. The number of hydrogen-bond donors (Lipinski definition) is 3. The lowest BCUT2D eigenvalue weighted by Gasteiger charge is -2.17. The number of alkyl halides is 1. The van der Waals surface area contributed by atoms with Gasteiger partial charge in [0.05, 0.1) is 29.3 Å². The molecular formula is C10H11ClN6O2S2. The molecule has 2 aromatic heterocycles. The molecule has 112 valence electrons. The molecule has 1 aliphatic rings.